The van der Waals surface area contributed by atoms with Gasteiger partial charge in [0.2, 0.25) is 0 Å². The van der Waals surface area contributed by atoms with Gasteiger partial charge >= 0.3 is 0 Å². The fourth-order valence-electron chi connectivity index (χ4n) is 2.29. The van der Waals surface area contributed by atoms with Crippen molar-refractivity contribution < 1.29 is 0 Å². The van der Waals surface area contributed by atoms with Crippen LogP contribution in [0.2, 0.25) is 0 Å². The quantitative estimate of drug-likeness (QED) is 0.805. The Labute approximate surface area is 109 Å². The van der Waals surface area contributed by atoms with E-state index in [1.54, 1.807) is 0 Å². The Bertz CT molecular complexity index is 553. The molecule has 2 rings (SSSR count). The van der Waals surface area contributed by atoms with Gasteiger partial charge in [0, 0.05) is 24.1 Å². The average Bonchev–Trinajstić information content (AvgIpc) is 2.30. The molecule has 0 aliphatic rings. The van der Waals surface area contributed by atoms with Gasteiger partial charge in [0.1, 0.15) is 0 Å². The molecule has 0 atom stereocenters. The van der Waals surface area contributed by atoms with Crippen molar-refractivity contribution in [2.75, 3.05) is 17.7 Å². The number of rotatable bonds is 2. The lowest BCUT2D eigenvalue weighted by Crippen LogP contribution is -2.12. The number of nitrogens with two attached hydrogens (primary N) is 1. The Morgan fingerprint density at radius 1 is 0.944 bits per heavy atom. The van der Waals surface area contributed by atoms with Crippen molar-refractivity contribution in [3.63, 3.8) is 0 Å². The van der Waals surface area contributed by atoms with Crippen molar-refractivity contribution in [2.45, 2.75) is 20.8 Å². The van der Waals surface area contributed by atoms with Gasteiger partial charge in [0.05, 0.1) is 0 Å². The molecule has 2 aromatic rings. The summed E-state index contributed by atoms with van der Waals surface area (Å²) < 4.78 is 0. The molecule has 0 fully saturated rings. The molecular weight excluding hydrogens is 220 g/mol. The molecule has 0 bridgehead atoms. The van der Waals surface area contributed by atoms with Gasteiger partial charge in [0.15, 0.2) is 0 Å². The van der Waals surface area contributed by atoms with Gasteiger partial charge in [-0.25, -0.2) is 0 Å². The monoisotopic (exact) mass is 240 g/mol. The first-order valence-corrected chi connectivity index (χ1v) is 6.16. The maximum atomic E-state index is 5.97. The molecule has 0 saturated heterocycles. The molecule has 0 heterocycles. The lowest BCUT2D eigenvalue weighted by atomic mass is 10.1. The van der Waals surface area contributed by atoms with Crippen LogP contribution in [0.25, 0.3) is 0 Å². The van der Waals surface area contributed by atoms with Crippen LogP contribution in [-0.2, 0) is 0 Å². The van der Waals surface area contributed by atoms with Crippen LogP contribution in [-0.4, -0.2) is 7.05 Å². The fraction of sp³-hybridized carbons (Fsp3) is 0.250. The van der Waals surface area contributed by atoms with E-state index in [4.69, 9.17) is 5.73 Å². The minimum atomic E-state index is 0.837. The number of benzene rings is 2. The van der Waals surface area contributed by atoms with Crippen molar-refractivity contribution in [3.8, 4) is 0 Å². The van der Waals surface area contributed by atoms with E-state index in [1.165, 1.54) is 16.8 Å². The number of aryl methyl sites for hydroxylation is 2. The second-order valence-electron chi connectivity index (χ2n) is 4.90. The van der Waals surface area contributed by atoms with Crippen molar-refractivity contribution in [1.82, 2.24) is 0 Å². The van der Waals surface area contributed by atoms with Crippen molar-refractivity contribution in [3.05, 3.63) is 53.1 Å². The Morgan fingerprint density at radius 3 is 2.17 bits per heavy atom. The van der Waals surface area contributed by atoms with E-state index in [9.17, 15) is 0 Å². The van der Waals surface area contributed by atoms with E-state index in [0.717, 1.165) is 16.9 Å². The summed E-state index contributed by atoms with van der Waals surface area (Å²) in [7, 11) is 2.08. The number of nitrogens with zero attached hydrogens (tertiary/aromatic N) is 1. The van der Waals surface area contributed by atoms with Crippen LogP contribution in [0.5, 0.6) is 0 Å². The highest BCUT2D eigenvalue weighted by Crippen LogP contribution is 2.30. The molecule has 0 aliphatic heterocycles. The SMILES string of the molecule is Cc1cc(C)cc(N(C)c2cccc(N)c2C)c1. The molecule has 0 aromatic heterocycles. The first-order chi connectivity index (χ1) is 8.49. The predicted molar refractivity (Wildman–Crippen MR) is 79.6 cm³/mol. The van der Waals surface area contributed by atoms with E-state index >= 15 is 0 Å². The Balaban J connectivity index is 2.47. The number of hydrogen-bond acceptors (Lipinski definition) is 2. The Kier molecular flexibility index (Phi) is 3.28. The van der Waals surface area contributed by atoms with Crippen LogP contribution in [0.4, 0.5) is 17.1 Å². The maximum Gasteiger partial charge on any atom is 0.0458 e. The molecule has 2 aromatic carbocycles. The molecule has 0 spiro atoms. The summed E-state index contributed by atoms with van der Waals surface area (Å²) in [4.78, 5) is 2.19. The Hall–Kier alpha value is -1.96. The summed E-state index contributed by atoms with van der Waals surface area (Å²) in [6, 6.07) is 12.6. The van der Waals surface area contributed by atoms with Crippen LogP contribution in [0.15, 0.2) is 36.4 Å². The molecule has 2 nitrogen and oxygen atoms in total. The van der Waals surface area contributed by atoms with Gasteiger partial charge in [-0.3, -0.25) is 0 Å². The molecule has 0 radical (unpaired) electrons. The van der Waals surface area contributed by atoms with E-state index in [-0.39, 0.29) is 0 Å². The highest BCUT2D eigenvalue weighted by molar-refractivity contribution is 5.71. The molecule has 18 heavy (non-hydrogen) atoms. The first kappa shape index (κ1) is 12.5. The zero-order chi connectivity index (χ0) is 13.3. The van der Waals surface area contributed by atoms with Crippen LogP contribution >= 0.6 is 0 Å². The third-order valence-corrected chi connectivity index (χ3v) is 3.30. The standard InChI is InChI=1S/C16H20N2/c1-11-8-12(2)10-14(9-11)18(4)16-7-5-6-15(17)13(16)3/h5-10H,17H2,1-4H3. The van der Waals surface area contributed by atoms with Crippen molar-refractivity contribution in [2.24, 2.45) is 0 Å². The minimum absolute atomic E-state index is 0.837. The smallest absolute Gasteiger partial charge is 0.0458 e. The number of hydrogen-bond donors (Lipinski definition) is 1. The van der Waals surface area contributed by atoms with Crippen molar-refractivity contribution in [1.29, 1.82) is 0 Å². The van der Waals surface area contributed by atoms with Gasteiger partial charge in [0.25, 0.3) is 0 Å². The van der Waals surface area contributed by atoms with Crippen LogP contribution in [0.1, 0.15) is 16.7 Å². The highest BCUT2D eigenvalue weighted by atomic mass is 15.1. The van der Waals surface area contributed by atoms with Gasteiger partial charge < -0.3 is 10.6 Å². The molecule has 94 valence electrons. The predicted octanol–water partition coefficient (Wildman–Crippen LogP) is 3.96. The van der Waals surface area contributed by atoms with Crippen LogP contribution in [0.3, 0.4) is 0 Å². The zero-order valence-electron chi connectivity index (χ0n) is 11.5. The molecule has 0 unspecified atom stereocenters. The van der Waals surface area contributed by atoms with Crippen LogP contribution in [0, 0.1) is 20.8 Å². The summed E-state index contributed by atoms with van der Waals surface area (Å²) in [6.45, 7) is 6.30. The summed E-state index contributed by atoms with van der Waals surface area (Å²) in [5, 5.41) is 0. The minimum Gasteiger partial charge on any atom is -0.398 e. The second kappa shape index (κ2) is 4.73. The number of nitrogen functional groups attached to an aromatic ring is 1. The Morgan fingerprint density at radius 2 is 1.56 bits per heavy atom. The lowest BCUT2D eigenvalue weighted by Gasteiger charge is -2.23. The summed E-state index contributed by atoms with van der Waals surface area (Å²) >= 11 is 0. The average molecular weight is 240 g/mol. The highest BCUT2D eigenvalue weighted by Gasteiger charge is 2.09. The van der Waals surface area contributed by atoms with Gasteiger partial charge in [-0.2, -0.15) is 0 Å². The molecule has 0 aliphatic carbocycles. The third-order valence-electron chi connectivity index (χ3n) is 3.30. The second-order valence-corrected chi connectivity index (χ2v) is 4.90. The van der Waals surface area contributed by atoms with Gasteiger partial charge in [-0.15, -0.1) is 0 Å². The lowest BCUT2D eigenvalue weighted by molar-refractivity contribution is 1.17. The van der Waals surface area contributed by atoms with E-state index in [2.05, 4.69) is 57.0 Å². The molecule has 2 N–H and O–H groups in total. The van der Waals surface area contributed by atoms with Gasteiger partial charge in [-0.1, -0.05) is 12.1 Å². The molecule has 0 amide bonds. The zero-order valence-corrected chi connectivity index (χ0v) is 11.5. The molecule has 2 heteroatoms. The molecule has 0 saturated carbocycles. The fourth-order valence-corrected chi connectivity index (χ4v) is 2.29. The van der Waals surface area contributed by atoms with E-state index in [0.29, 0.717) is 0 Å². The van der Waals surface area contributed by atoms with E-state index in [1.807, 2.05) is 12.1 Å². The first-order valence-electron chi connectivity index (χ1n) is 6.16. The number of anilines is 3. The molecular formula is C16H20N2. The summed E-state index contributed by atoms with van der Waals surface area (Å²) in [6.07, 6.45) is 0. The summed E-state index contributed by atoms with van der Waals surface area (Å²) in [5.74, 6) is 0. The largest absolute Gasteiger partial charge is 0.398 e. The maximum absolute atomic E-state index is 5.97. The summed E-state index contributed by atoms with van der Waals surface area (Å²) in [5.41, 5.74) is 12.8. The normalized spacial score (nSPS) is 10.4. The topological polar surface area (TPSA) is 29.3 Å². The van der Waals surface area contributed by atoms with Crippen molar-refractivity contribution >= 4 is 17.1 Å². The van der Waals surface area contributed by atoms with E-state index < -0.39 is 0 Å². The van der Waals surface area contributed by atoms with Gasteiger partial charge in [-0.05, 0) is 61.7 Å². The van der Waals surface area contributed by atoms with Crippen LogP contribution < -0.4 is 10.6 Å². The third kappa shape index (κ3) is 2.33.